The van der Waals surface area contributed by atoms with E-state index in [9.17, 15) is 14.4 Å². The second-order valence-electron chi connectivity index (χ2n) is 9.76. The van der Waals surface area contributed by atoms with Crippen LogP contribution in [-0.2, 0) is 11.2 Å². The number of fused-ring (bicyclic) bond motifs is 1. The number of methoxy groups -OCH3 is 1. The largest absolute Gasteiger partial charge is 0.493 e. The van der Waals surface area contributed by atoms with E-state index in [4.69, 9.17) is 18.6 Å². The quantitative estimate of drug-likeness (QED) is 0.118. The highest BCUT2D eigenvalue weighted by atomic mass is 16.5. The van der Waals surface area contributed by atoms with Gasteiger partial charge in [-0.2, -0.15) is 0 Å². The van der Waals surface area contributed by atoms with Crippen molar-refractivity contribution in [3.05, 3.63) is 69.1 Å². The minimum absolute atomic E-state index is 0.0106. The lowest BCUT2D eigenvalue weighted by molar-refractivity contribution is -0.131. The van der Waals surface area contributed by atoms with E-state index >= 15 is 0 Å². The molecule has 3 aromatic rings. The number of amides is 1. The summed E-state index contributed by atoms with van der Waals surface area (Å²) in [6.45, 7) is 8.38. The lowest BCUT2D eigenvalue weighted by atomic mass is 10.0. The van der Waals surface area contributed by atoms with Crippen molar-refractivity contribution >= 4 is 28.5 Å². The summed E-state index contributed by atoms with van der Waals surface area (Å²) in [6.07, 6.45) is 3.27. The van der Waals surface area contributed by atoms with Gasteiger partial charge in [0.1, 0.15) is 17.0 Å². The summed E-state index contributed by atoms with van der Waals surface area (Å²) >= 11 is 0. The fourth-order valence-electron chi connectivity index (χ4n) is 4.00. The minimum atomic E-state index is -0.691. The highest BCUT2D eigenvalue weighted by Gasteiger charge is 2.19. The van der Waals surface area contributed by atoms with E-state index in [2.05, 4.69) is 10.2 Å². The molecule has 0 saturated heterocycles. The molecule has 3 rings (SSSR count). The van der Waals surface area contributed by atoms with Crippen molar-refractivity contribution < 1.29 is 28.2 Å². The number of carbonyl (C=O) groups is 2. The Labute approximate surface area is 228 Å². The molecule has 0 radical (unpaired) electrons. The zero-order valence-electron chi connectivity index (χ0n) is 23.6. The van der Waals surface area contributed by atoms with Crippen LogP contribution in [0.1, 0.15) is 48.7 Å². The second kappa shape index (κ2) is 13.1. The first-order chi connectivity index (χ1) is 18.5. The van der Waals surface area contributed by atoms with Crippen molar-refractivity contribution in [2.75, 3.05) is 39.7 Å². The molecule has 0 atom stereocenters. The van der Waals surface area contributed by atoms with Crippen molar-refractivity contribution in [1.29, 1.82) is 0 Å². The molecule has 0 spiro atoms. The molecule has 0 aliphatic rings. The number of esters is 1. The monoisotopic (exact) mass is 536 g/mol. The number of aryl methyl sites for hydroxylation is 1. The zero-order chi connectivity index (χ0) is 28.7. The predicted molar refractivity (Wildman–Crippen MR) is 151 cm³/mol. The molecule has 1 amide bonds. The van der Waals surface area contributed by atoms with E-state index in [0.717, 1.165) is 18.5 Å². The van der Waals surface area contributed by atoms with Gasteiger partial charge in [0.15, 0.2) is 11.5 Å². The third-order valence-corrected chi connectivity index (χ3v) is 5.94. The maximum absolute atomic E-state index is 13.1. The third-order valence-electron chi connectivity index (χ3n) is 5.94. The molecule has 39 heavy (non-hydrogen) atoms. The van der Waals surface area contributed by atoms with Gasteiger partial charge in [0.25, 0.3) is 5.91 Å². The standard InChI is InChI=1S/C30H36N2O7/c1-18(2)9-10-21-15-22(11-12-25(21)38-20(4)33)29(34)31-24-16-23-17-26(36-7)28(37-14-8-13-32(5)6)19(3)27(23)39-30(24)35/h9,11-12,15-17H,8,10,13-14H2,1-7H3,(H,31,34). The van der Waals surface area contributed by atoms with Crippen LogP contribution in [0.5, 0.6) is 17.2 Å². The van der Waals surface area contributed by atoms with E-state index < -0.39 is 17.5 Å². The number of carbonyl (C=O) groups excluding carboxylic acids is 2. The van der Waals surface area contributed by atoms with E-state index in [1.54, 1.807) is 38.3 Å². The fourth-order valence-corrected chi connectivity index (χ4v) is 4.00. The number of nitrogens with zero attached hydrogens (tertiary/aromatic N) is 1. The van der Waals surface area contributed by atoms with Crippen LogP contribution >= 0.6 is 0 Å². The van der Waals surface area contributed by atoms with E-state index in [-0.39, 0.29) is 5.69 Å². The molecule has 2 aromatic carbocycles. The van der Waals surface area contributed by atoms with Crippen LogP contribution in [0.15, 0.2) is 51.2 Å². The van der Waals surface area contributed by atoms with Crippen molar-refractivity contribution in [3.8, 4) is 17.2 Å². The van der Waals surface area contributed by atoms with Crippen LogP contribution in [-0.4, -0.2) is 51.1 Å². The molecule has 1 aromatic heterocycles. The van der Waals surface area contributed by atoms with Crippen LogP contribution in [0.2, 0.25) is 0 Å². The van der Waals surface area contributed by atoms with Crippen molar-refractivity contribution in [2.45, 2.75) is 40.5 Å². The molecular formula is C30H36N2O7. The van der Waals surface area contributed by atoms with Gasteiger partial charge in [0.05, 0.1) is 13.7 Å². The number of allylic oxidation sites excluding steroid dienone is 2. The van der Waals surface area contributed by atoms with Crippen molar-refractivity contribution in [2.24, 2.45) is 0 Å². The van der Waals surface area contributed by atoms with E-state index in [1.807, 2.05) is 34.0 Å². The average molecular weight is 537 g/mol. The van der Waals surface area contributed by atoms with Gasteiger partial charge in [-0.05, 0) is 83.6 Å². The molecule has 9 heteroatoms. The summed E-state index contributed by atoms with van der Waals surface area (Å²) in [5, 5.41) is 3.23. The maximum atomic E-state index is 13.1. The summed E-state index contributed by atoms with van der Waals surface area (Å²) in [5.74, 6) is 0.441. The smallest absolute Gasteiger partial charge is 0.360 e. The zero-order valence-corrected chi connectivity index (χ0v) is 23.6. The average Bonchev–Trinajstić information content (AvgIpc) is 2.87. The Kier molecular flexibility index (Phi) is 9.89. The predicted octanol–water partition coefficient (Wildman–Crippen LogP) is 5.13. The molecule has 0 aliphatic heterocycles. The molecule has 0 bridgehead atoms. The molecule has 0 unspecified atom stereocenters. The van der Waals surface area contributed by atoms with Crippen LogP contribution in [0.3, 0.4) is 0 Å². The van der Waals surface area contributed by atoms with Gasteiger partial charge >= 0.3 is 11.6 Å². The number of nitrogens with one attached hydrogen (secondary N) is 1. The molecule has 208 valence electrons. The summed E-state index contributed by atoms with van der Waals surface area (Å²) in [5.41, 5.74) is 2.35. The molecule has 0 aliphatic carbocycles. The Bertz CT molecular complexity index is 1450. The number of anilines is 1. The minimum Gasteiger partial charge on any atom is -0.493 e. The first-order valence-corrected chi connectivity index (χ1v) is 12.7. The lowest BCUT2D eigenvalue weighted by Gasteiger charge is -2.16. The van der Waals surface area contributed by atoms with Gasteiger partial charge in [-0.1, -0.05) is 11.6 Å². The molecule has 0 fully saturated rings. The highest BCUT2D eigenvalue weighted by Crippen LogP contribution is 2.37. The van der Waals surface area contributed by atoms with Gasteiger partial charge in [-0.25, -0.2) is 4.79 Å². The van der Waals surface area contributed by atoms with Crippen LogP contribution in [0.25, 0.3) is 11.0 Å². The SMILES string of the molecule is COc1cc2cc(NC(=O)c3ccc(OC(C)=O)c(CC=C(C)C)c3)c(=O)oc2c(C)c1OCCCN(C)C. The Balaban J connectivity index is 1.91. The highest BCUT2D eigenvalue weighted by molar-refractivity contribution is 6.05. The Morgan fingerprint density at radius 3 is 2.46 bits per heavy atom. The number of ether oxygens (including phenoxy) is 3. The summed E-state index contributed by atoms with van der Waals surface area (Å²) in [7, 11) is 5.53. The third kappa shape index (κ3) is 7.70. The normalized spacial score (nSPS) is 10.9. The fraction of sp³-hybridized carbons (Fsp3) is 0.367. The first kappa shape index (κ1) is 29.4. The summed E-state index contributed by atoms with van der Waals surface area (Å²) in [4.78, 5) is 39.5. The Hall–Kier alpha value is -4.11. The second-order valence-corrected chi connectivity index (χ2v) is 9.76. The Morgan fingerprint density at radius 1 is 1.08 bits per heavy atom. The summed E-state index contributed by atoms with van der Waals surface area (Å²) < 4.78 is 22.4. The number of hydrogen-bond donors (Lipinski definition) is 1. The van der Waals surface area contributed by atoms with Crippen molar-refractivity contribution in [1.82, 2.24) is 4.90 Å². The summed E-state index contributed by atoms with van der Waals surface area (Å²) in [6, 6.07) is 8.02. The van der Waals surface area contributed by atoms with Crippen LogP contribution in [0, 0.1) is 6.92 Å². The van der Waals surface area contributed by atoms with Gasteiger partial charge in [0.2, 0.25) is 0 Å². The molecule has 1 heterocycles. The van der Waals surface area contributed by atoms with Gasteiger partial charge < -0.3 is 28.8 Å². The van der Waals surface area contributed by atoms with Crippen molar-refractivity contribution in [3.63, 3.8) is 0 Å². The molecule has 1 N–H and O–H groups in total. The Morgan fingerprint density at radius 2 is 1.82 bits per heavy atom. The maximum Gasteiger partial charge on any atom is 0.360 e. The number of benzene rings is 2. The molecular weight excluding hydrogens is 500 g/mol. The first-order valence-electron chi connectivity index (χ1n) is 12.7. The van der Waals surface area contributed by atoms with Crippen LogP contribution in [0.4, 0.5) is 5.69 Å². The van der Waals surface area contributed by atoms with Crippen LogP contribution < -0.4 is 25.2 Å². The van der Waals surface area contributed by atoms with E-state index in [1.165, 1.54) is 13.0 Å². The number of hydrogen-bond acceptors (Lipinski definition) is 8. The van der Waals surface area contributed by atoms with Gasteiger partial charge in [-0.15, -0.1) is 0 Å². The molecule has 0 saturated carbocycles. The lowest BCUT2D eigenvalue weighted by Crippen LogP contribution is -2.18. The van der Waals surface area contributed by atoms with E-state index in [0.29, 0.717) is 57.9 Å². The number of rotatable bonds is 11. The molecule has 9 nitrogen and oxygen atoms in total. The topological polar surface area (TPSA) is 107 Å². The van der Waals surface area contributed by atoms with Gasteiger partial charge in [0, 0.05) is 30.0 Å². The van der Waals surface area contributed by atoms with Gasteiger partial charge in [-0.3, -0.25) is 9.59 Å².